The molecule has 0 unspecified atom stereocenters. The zero-order valence-electron chi connectivity index (χ0n) is 15.5. The van der Waals surface area contributed by atoms with Gasteiger partial charge in [0.25, 0.3) is 0 Å². The maximum atomic E-state index is 12.9. The Hall–Kier alpha value is -3.47. The van der Waals surface area contributed by atoms with Gasteiger partial charge in [-0.1, -0.05) is 60.7 Å². The van der Waals surface area contributed by atoms with Gasteiger partial charge in [-0.05, 0) is 29.8 Å². The SMILES string of the molecule is COc1ccc(C(=O)C[C@@H](c2ccccc2)[C@H](c2ccccc2)[N+](=O)[O-])cc1. The molecule has 0 heterocycles. The number of hydrogen-bond donors (Lipinski definition) is 0. The summed E-state index contributed by atoms with van der Waals surface area (Å²) >= 11 is 0. The maximum Gasteiger partial charge on any atom is 0.245 e. The van der Waals surface area contributed by atoms with Crippen LogP contribution < -0.4 is 4.74 Å². The van der Waals surface area contributed by atoms with Crippen molar-refractivity contribution in [3.8, 4) is 5.75 Å². The highest BCUT2D eigenvalue weighted by Gasteiger charge is 2.36. The summed E-state index contributed by atoms with van der Waals surface area (Å²) in [6.07, 6.45) is 0.0386. The smallest absolute Gasteiger partial charge is 0.245 e. The zero-order chi connectivity index (χ0) is 19.9. The molecule has 0 amide bonds. The number of carbonyl (C=O) groups is 1. The molecule has 0 aliphatic rings. The van der Waals surface area contributed by atoms with Crippen molar-refractivity contribution in [1.29, 1.82) is 0 Å². The van der Waals surface area contributed by atoms with E-state index in [0.29, 0.717) is 16.9 Å². The molecule has 0 aliphatic carbocycles. The third-order valence-electron chi connectivity index (χ3n) is 4.79. The summed E-state index contributed by atoms with van der Waals surface area (Å²) in [7, 11) is 1.56. The molecule has 5 heteroatoms. The van der Waals surface area contributed by atoms with E-state index < -0.39 is 12.0 Å². The predicted molar refractivity (Wildman–Crippen MR) is 107 cm³/mol. The quantitative estimate of drug-likeness (QED) is 0.313. The van der Waals surface area contributed by atoms with Gasteiger partial charge in [-0.15, -0.1) is 0 Å². The van der Waals surface area contributed by atoms with Crippen LogP contribution in [0, 0.1) is 10.1 Å². The highest BCUT2D eigenvalue weighted by Crippen LogP contribution is 2.37. The second kappa shape index (κ2) is 8.95. The van der Waals surface area contributed by atoms with Crippen molar-refractivity contribution in [1.82, 2.24) is 0 Å². The Morgan fingerprint density at radius 1 is 0.893 bits per heavy atom. The van der Waals surface area contributed by atoms with Crippen molar-refractivity contribution in [3.63, 3.8) is 0 Å². The molecular formula is C23H21NO4. The van der Waals surface area contributed by atoms with Crippen LogP contribution in [0.1, 0.15) is 39.9 Å². The van der Waals surface area contributed by atoms with Crippen LogP contribution in [0.25, 0.3) is 0 Å². The van der Waals surface area contributed by atoms with Crippen LogP contribution in [-0.4, -0.2) is 17.8 Å². The van der Waals surface area contributed by atoms with E-state index in [-0.39, 0.29) is 17.1 Å². The number of methoxy groups -OCH3 is 1. The summed E-state index contributed by atoms with van der Waals surface area (Å²) in [5.74, 6) is -0.0592. The van der Waals surface area contributed by atoms with Gasteiger partial charge in [-0.2, -0.15) is 0 Å². The maximum absolute atomic E-state index is 12.9. The predicted octanol–water partition coefficient (Wildman–Crippen LogP) is 5.07. The first-order valence-corrected chi connectivity index (χ1v) is 9.01. The Morgan fingerprint density at radius 2 is 1.43 bits per heavy atom. The highest BCUT2D eigenvalue weighted by molar-refractivity contribution is 5.96. The molecule has 0 radical (unpaired) electrons. The lowest BCUT2D eigenvalue weighted by Gasteiger charge is -2.21. The van der Waals surface area contributed by atoms with Crippen molar-refractivity contribution < 1.29 is 14.5 Å². The minimum Gasteiger partial charge on any atom is -0.497 e. The van der Waals surface area contributed by atoms with E-state index in [1.165, 1.54) is 0 Å². The molecule has 0 spiro atoms. The van der Waals surface area contributed by atoms with Crippen LogP contribution in [-0.2, 0) is 0 Å². The topological polar surface area (TPSA) is 69.4 Å². The number of Topliss-reactive ketones (excluding diaryl/α,β-unsaturated/α-hetero) is 1. The lowest BCUT2D eigenvalue weighted by atomic mass is 9.83. The molecule has 3 rings (SSSR count). The van der Waals surface area contributed by atoms with Crippen LogP contribution in [0.5, 0.6) is 5.75 Å². The number of carbonyl (C=O) groups excluding carboxylic acids is 1. The Bertz CT molecular complexity index is 924. The van der Waals surface area contributed by atoms with Gasteiger partial charge in [-0.25, -0.2) is 0 Å². The summed E-state index contributed by atoms with van der Waals surface area (Å²) in [5.41, 5.74) is 1.87. The lowest BCUT2D eigenvalue weighted by molar-refractivity contribution is -0.533. The van der Waals surface area contributed by atoms with Crippen LogP contribution >= 0.6 is 0 Å². The van der Waals surface area contributed by atoms with Gasteiger partial charge >= 0.3 is 0 Å². The molecule has 0 N–H and O–H groups in total. The number of ether oxygens (including phenoxy) is 1. The molecule has 3 aromatic carbocycles. The number of ketones is 1. The van der Waals surface area contributed by atoms with Gasteiger partial charge in [0, 0.05) is 22.5 Å². The third kappa shape index (κ3) is 4.43. The molecule has 0 saturated heterocycles. The monoisotopic (exact) mass is 375 g/mol. The first-order chi connectivity index (χ1) is 13.6. The number of benzene rings is 3. The Labute approximate surface area is 163 Å². The summed E-state index contributed by atoms with van der Waals surface area (Å²) in [5, 5.41) is 12.0. The molecule has 0 fully saturated rings. The second-order valence-corrected chi connectivity index (χ2v) is 6.51. The minimum absolute atomic E-state index is 0.0386. The Kier molecular flexibility index (Phi) is 6.17. The third-order valence-corrected chi connectivity index (χ3v) is 4.79. The van der Waals surface area contributed by atoms with Gasteiger partial charge in [0.1, 0.15) is 5.75 Å². The number of nitrogens with zero attached hydrogens (tertiary/aromatic N) is 1. The largest absolute Gasteiger partial charge is 0.497 e. The molecule has 0 aromatic heterocycles. The molecular weight excluding hydrogens is 354 g/mol. The number of nitro groups is 1. The molecule has 0 saturated carbocycles. The molecule has 5 nitrogen and oxygen atoms in total. The van der Waals surface area contributed by atoms with Crippen molar-refractivity contribution in [2.24, 2.45) is 0 Å². The van der Waals surface area contributed by atoms with E-state index in [1.54, 1.807) is 55.6 Å². The fourth-order valence-electron chi connectivity index (χ4n) is 3.36. The number of rotatable bonds is 8. The van der Waals surface area contributed by atoms with Crippen molar-refractivity contribution in [2.45, 2.75) is 18.4 Å². The summed E-state index contributed by atoms with van der Waals surface area (Å²) < 4.78 is 5.13. The van der Waals surface area contributed by atoms with Gasteiger partial charge in [0.2, 0.25) is 6.04 Å². The van der Waals surface area contributed by atoms with E-state index >= 15 is 0 Å². The molecule has 2 atom stereocenters. The summed E-state index contributed by atoms with van der Waals surface area (Å²) in [6.45, 7) is 0. The van der Waals surface area contributed by atoms with Crippen molar-refractivity contribution in [2.75, 3.05) is 7.11 Å². The summed E-state index contributed by atoms with van der Waals surface area (Å²) in [6, 6.07) is 23.9. The van der Waals surface area contributed by atoms with E-state index in [2.05, 4.69) is 0 Å². The Balaban J connectivity index is 1.96. The van der Waals surface area contributed by atoms with Crippen LogP contribution in [0.15, 0.2) is 84.9 Å². The molecule has 0 aliphatic heterocycles. The van der Waals surface area contributed by atoms with Gasteiger partial charge in [0.05, 0.1) is 13.0 Å². The first-order valence-electron chi connectivity index (χ1n) is 9.01. The Morgan fingerprint density at radius 3 is 1.93 bits per heavy atom. The van der Waals surface area contributed by atoms with E-state index in [4.69, 9.17) is 4.74 Å². The van der Waals surface area contributed by atoms with E-state index in [0.717, 1.165) is 5.56 Å². The first kappa shape index (κ1) is 19.3. The van der Waals surface area contributed by atoms with Crippen molar-refractivity contribution >= 4 is 5.78 Å². The fraction of sp³-hybridized carbons (Fsp3) is 0.174. The molecule has 142 valence electrons. The fourth-order valence-corrected chi connectivity index (χ4v) is 3.36. The number of hydrogen-bond acceptors (Lipinski definition) is 4. The summed E-state index contributed by atoms with van der Waals surface area (Å²) in [4.78, 5) is 24.6. The van der Waals surface area contributed by atoms with E-state index in [9.17, 15) is 14.9 Å². The van der Waals surface area contributed by atoms with E-state index in [1.807, 2.05) is 36.4 Å². The normalized spacial score (nSPS) is 12.8. The zero-order valence-corrected chi connectivity index (χ0v) is 15.5. The lowest BCUT2D eigenvalue weighted by Crippen LogP contribution is -2.22. The van der Waals surface area contributed by atoms with Crippen LogP contribution in [0.2, 0.25) is 0 Å². The minimum atomic E-state index is -1.01. The van der Waals surface area contributed by atoms with Gasteiger partial charge in [-0.3, -0.25) is 14.9 Å². The molecule has 28 heavy (non-hydrogen) atoms. The molecule has 3 aromatic rings. The average Bonchev–Trinajstić information content (AvgIpc) is 2.74. The van der Waals surface area contributed by atoms with Crippen molar-refractivity contribution in [3.05, 3.63) is 112 Å². The second-order valence-electron chi connectivity index (χ2n) is 6.51. The van der Waals surface area contributed by atoms with Gasteiger partial charge in [0.15, 0.2) is 5.78 Å². The van der Waals surface area contributed by atoms with Gasteiger partial charge < -0.3 is 4.74 Å². The highest BCUT2D eigenvalue weighted by atomic mass is 16.6. The average molecular weight is 375 g/mol. The standard InChI is InChI=1S/C23H21NO4/c1-28-20-14-12-18(13-15-20)22(25)16-21(17-8-4-2-5-9-17)23(24(26)27)19-10-6-3-7-11-19/h2-15,21,23H,16H2,1H3/t21-,23-/m0/s1. The van der Waals surface area contributed by atoms with Crippen LogP contribution in [0.3, 0.4) is 0 Å². The van der Waals surface area contributed by atoms with Crippen LogP contribution in [0.4, 0.5) is 0 Å². The molecule has 0 bridgehead atoms.